The maximum absolute atomic E-state index is 13.0. The summed E-state index contributed by atoms with van der Waals surface area (Å²) in [6, 6.07) is 19.8. The number of nitrogens with zero attached hydrogens (tertiary/aromatic N) is 1. The molecule has 3 aliphatic rings. The van der Waals surface area contributed by atoms with Crippen molar-refractivity contribution in [3.63, 3.8) is 0 Å². The van der Waals surface area contributed by atoms with Gasteiger partial charge in [0.2, 0.25) is 11.8 Å². The Morgan fingerprint density at radius 1 is 0.806 bits per heavy atom. The van der Waals surface area contributed by atoms with Crippen molar-refractivity contribution >= 4 is 34.2 Å². The van der Waals surface area contributed by atoms with Gasteiger partial charge in [-0.05, 0) is 54.0 Å². The van der Waals surface area contributed by atoms with Crippen molar-refractivity contribution in [3.8, 4) is 5.75 Å². The summed E-state index contributed by atoms with van der Waals surface area (Å²) in [4.78, 5) is 39.9. The molecule has 5 heteroatoms. The molecule has 31 heavy (non-hydrogen) atoms. The molecule has 2 aliphatic carbocycles. The molecule has 0 N–H and O–H groups in total. The van der Waals surface area contributed by atoms with Crippen LogP contribution in [-0.2, 0) is 9.59 Å². The van der Waals surface area contributed by atoms with E-state index in [1.165, 1.54) is 4.90 Å². The Morgan fingerprint density at radius 3 is 2.16 bits per heavy atom. The van der Waals surface area contributed by atoms with E-state index in [9.17, 15) is 14.4 Å². The van der Waals surface area contributed by atoms with Crippen molar-refractivity contribution < 1.29 is 19.1 Å². The molecule has 1 saturated carbocycles. The van der Waals surface area contributed by atoms with Gasteiger partial charge < -0.3 is 4.74 Å². The molecule has 0 spiro atoms. The first-order valence-corrected chi connectivity index (χ1v) is 10.5. The van der Waals surface area contributed by atoms with Crippen LogP contribution < -0.4 is 9.64 Å². The van der Waals surface area contributed by atoms with Crippen molar-refractivity contribution in [3.05, 3.63) is 84.4 Å². The molecular weight excluding hydrogens is 390 g/mol. The van der Waals surface area contributed by atoms with Crippen molar-refractivity contribution in [1.29, 1.82) is 0 Å². The summed E-state index contributed by atoms with van der Waals surface area (Å²) in [7, 11) is 0. The van der Waals surface area contributed by atoms with E-state index in [2.05, 4.69) is 12.2 Å². The second-order valence-electron chi connectivity index (χ2n) is 8.43. The van der Waals surface area contributed by atoms with E-state index in [1.807, 2.05) is 36.4 Å². The first-order valence-electron chi connectivity index (χ1n) is 10.5. The highest BCUT2D eigenvalue weighted by Crippen LogP contribution is 2.53. The minimum absolute atomic E-state index is 0.127. The number of fused-ring (bicyclic) bond motifs is 6. The number of hydrogen-bond acceptors (Lipinski definition) is 4. The second-order valence-corrected chi connectivity index (χ2v) is 8.43. The highest BCUT2D eigenvalue weighted by Gasteiger charge is 2.59. The molecule has 1 heterocycles. The van der Waals surface area contributed by atoms with Crippen LogP contribution in [-0.4, -0.2) is 17.8 Å². The summed E-state index contributed by atoms with van der Waals surface area (Å²) in [5.74, 6) is -0.375. The number of hydrogen-bond donors (Lipinski definition) is 0. The van der Waals surface area contributed by atoms with E-state index < -0.39 is 5.97 Å². The summed E-state index contributed by atoms with van der Waals surface area (Å²) < 4.78 is 5.62. The minimum Gasteiger partial charge on any atom is -0.422 e. The number of esters is 1. The molecule has 0 unspecified atom stereocenters. The molecule has 0 aromatic heterocycles. The highest BCUT2D eigenvalue weighted by atomic mass is 16.5. The summed E-state index contributed by atoms with van der Waals surface area (Å²) in [6.07, 6.45) is 5.05. The lowest BCUT2D eigenvalue weighted by molar-refractivity contribution is -0.123. The molecule has 2 fully saturated rings. The van der Waals surface area contributed by atoms with Crippen LogP contribution in [0.25, 0.3) is 10.8 Å². The lowest BCUT2D eigenvalue weighted by atomic mass is 9.85. The summed E-state index contributed by atoms with van der Waals surface area (Å²) >= 11 is 0. The van der Waals surface area contributed by atoms with Gasteiger partial charge in [0.05, 0.1) is 23.1 Å². The average molecular weight is 409 g/mol. The SMILES string of the molecule is O=C(Oc1cccc2ccccc12)c1ccc(N2C(=O)[C@@H]3[C@H](C2=O)[C@@H]2C=C[C@H]3C2)cc1. The Hall–Kier alpha value is -3.73. The third-order valence-corrected chi connectivity index (χ3v) is 6.78. The molecule has 5 nitrogen and oxygen atoms in total. The first kappa shape index (κ1) is 18.1. The lowest BCUT2D eigenvalue weighted by Gasteiger charge is -2.17. The van der Waals surface area contributed by atoms with Gasteiger partial charge >= 0.3 is 5.97 Å². The summed E-state index contributed by atoms with van der Waals surface area (Å²) in [5.41, 5.74) is 0.864. The fourth-order valence-electron chi connectivity index (χ4n) is 5.35. The summed E-state index contributed by atoms with van der Waals surface area (Å²) in [5, 5.41) is 1.85. The van der Waals surface area contributed by atoms with Gasteiger partial charge in [-0.1, -0.05) is 48.6 Å². The van der Waals surface area contributed by atoms with Crippen molar-refractivity contribution in [2.45, 2.75) is 6.42 Å². The van der Waals surface area contributed by atoms with E-state index in [0.717, 1.165) is 17.2 Å². The zero-order valence-corrected chi connectivity index (χ0v) is 16.6. The Morgan fingerprint density at radius 2 is 1.45 bits per heavy atom. The molecule has 2 amide bonds. The smallest absolute Gasteiger partial charge is 0.343 e. The molecule has 6 rings (SSSR count). The molecule has 3 aromatic rings. The van der Waals surface area contributed by atoms with Crippen molar-refractivity contribution in [1.82, 2.24) is 0 Å². The minimum atomic E-state index is -0.485. The Balaban J connectivity index is 1.24. The van der Waals surface area contributed by atoms with Crippen LogP contribution in [0, 0.1) is 23.7 Å². The number of imide groups is 1. The lowest BCUT2D eigenvalue weighted by Crippen LogP contribution is -2.32. The van der Waals surface area contributed by atoms with Crippen LogP contribution in [0.15, 0.2) is 78.9 Å². The van der Waals surface area contributed by atoms with Crippen LogP contribution in [0.5, 0.6) is 5.75 Å². The molecule has 3 aromatic carbocycles. The predicted octanol–water partition coefficient (Wildman–Crippen LogP) is 4.37. The number of carbonyl (C=O) groups is 3. The standard InChI is InChI=1S/C26H19NO4/c28-24-22-17-8-9-18(14-17)23(22)25(29)27(24)19-12-10-16(11-13-19)26(30)31-21-7-3-5-15-4-1-2-6-20(15)21/h1-13,17-18,22-23H,14H2/t17-,18+,22-,23+. The topological polar surface area (TPSA) is 63.7 Å². The van der Waals surface area contributed by atoms with E-state index in [1.54, 1.807) is 30.3 Å². The predicted molar refractivity (Wildman–Crippen MR) is 116 cm³/mol. The quantitative estimate of drug-likeness (QED) is 0.279. The number of benzene rings is 3. The zero-order valence-electron chi connectivity index (χ0n) is 16.6. The fraction of sp³-hybridized carbons (Fsp3) is 0.192. The number of anilines is 1. The van der Waals surface area contributed by atoms with Crippen molar-refractivity contribution in [2.24, 2.45) is 23.7 Å². The van der Waals surface area contributed by atoms with Gasteiger partial charge in [0.1, 0.15) is 5.75 Å². The van der Waals surface area contributed by atoms with E-state index >= 15 is 0 Å². The molecule has 0 radical (unpaired) electrons. The number of rotatable bonds is 3. The van der Waals surface area contributed by atoms with Gasteiger partial charge in [-0.15, -0.1) is 0 Å². The van der Waals surface area contributed by atoms with Crippen LogP contribution in [0.2, 0.25) is 0 Å². The average Bonchev–Trinajstić information content (AvgIpc) is 3.48. The fourth-order valence-corrected chi connectivity index (χ4v) is 5.35. The molecular formula is C26H19NO4. The van der Waals surface area contributed by atoms with Crippen LogP contribution in [0.3, 0.4) is 0 Å². The maximum atomic E-state index is 13.0. The van der Waals surface area contributed by atoms with E-state index in [4.69, 9.17) is 4.74 Å². The van der Waals surface area contributed by atoms with Gasteiger partial charge in [-0.2, -0.15) is 0 Å². The monoisotopic (exact) mass is 409 g/mol. The number of ether oxygens (including phenoxy) is 1. The van der Waals surface area contributed by atoms with Gasteiger partial charge in [0.25, 0.3) is 0 Å². The Labute approximate surface area is 178 Å². The Bertz CT molecular complexity index is 1240. The summed E-state index contributed by atoms with van der Waals surface area (Å²) in [6.45, 7) is 0. The van der Waals surface area contributed by atoms with Crippen LogP contribution in [0.1, 0.15) is 16.8 Å². The highest BCUT2D eigenvalue weighted by molar-refractivity contribution is 6.22. The van der Waals surface area contributed by atoms with E-state index in [-0.39, 0.29) is 35.5 Å². The third kappa shape index (κ3) is 2.66. The molecule has 2 bridgehead atoms. The molecule has 1 aliphatic heterocycles. The maximum Gasteiger partial charge on any atom is 0.343 e. The second kappa shape index (κ2) is 6.64. The number of amides is 2. The molecule has 4 atom stereocenters. The van der Waals surface area contributed by atoms with Crippen molar-refractivity contribution in [2.75, 3.05) is 4.90 Å². The molecule has 152 valence electrons. The van der Waals surface area contributed by atoms with Gasteiger partial charge in [0, 0.05) is 5.39 Å². The van der Waals surface area contributed by atoms with Gasteiger partial charge in [0.15, 0.2) is 0 Å². The Kier molecular flexibility index (Phi) is 3.87. The van der Waals surface area contributed by atoms with Gasteiger partial charge in [-0.25, -0.2) is 4.79 Å². The third-order valence-electron chi connectivity index (χ3n) is 6.78. The number of allylic oxidation sites excluding steroid dienone is 2. The van der Waals surface area contributed by atoms with Crippen LogP contribution in [0.4, 0.5) is 5.69 Å². The largest absolute Gasteiger partial charge is 0.422 e. The van der Waals surface area contributed by atoms with Gasteiger partial charge in [-0.3, -0.25) is 14.5 Å². The molecule has 1 saturated heterocycles. The zero-order chi connectivity index (χ0) is 21.1. The van der Waals surface area contributed by atoms with E-state index in [0.29, 0.717) is 17.0 Å². The number of carbonyl (C=O) groups excluding carboxylic acids is 3. The van der Waals surface area contributed by atoms with Crippen LogP contribution >= 0.6 is 0 Å². The first-order chi connectivity index (χ1) is 15.1. The normalized spacial score (nSPS) is 26.0.